The molecule has 0 spiro atoms. The van der Waals surface area contributed by atoms with Crippen LogP contribution in [-0.4, -0.2) is 17.6 Å². The molecule has 0 aromatic heterocycles. The van der Waals surface area contributed by atoms with Crippen LogP contribution >= 0.6 is 0 Å². The average Bonchev–Trinajstić information content (AvgIpc) is 2.35. The van der Waals surface area contributed by atoms with Crippen LogP contribution in [0, 0.1) is 11.7 Å². The van der Waals surface area contributed by atoms with Gasteiger partial charge in [-0.15, -0.1) is 0 Å². The summed E-state index contributed by atoms with van der Waals surface area (Å²) in [5.41, 5.74) is 6.47. The minimum atomic E-state index is -0.244. The van der Waals surface area contributed by atoms with Gasteiger partial charge in [0.2, 0.25) is 0 Å². The van der Waals surface area contributed by atoms with Crippen molar-refractivity contribution in [3.63, 3.8) is 0 Å². The molecule has 0 fully saturated rings. The molecule has 4 nitrogen and oxygen atoms in total. The summed E-state index contributed by atoms with van der Waals surface area (Å²) >= 11 is 0. The Bertz CT molecular complexity index is 378. The predicted octanol–water partition coefficient (Wildman–Crippen LogP) is 1.86. The van der Waals surface area contributed by atoms with Gasteiger partial charge >= 0.3 is 0 Å². The lowest BCUT2D eigenvalue weighted by molar-refractivity contribution is 0.313. The van der Waals surface area contributed by atoms with Gasteiger partial charge in [0.1, 0.15) is 11.7 Å². The summed E-state index contributed by atoms with van der Waals surface area (Å²) < 4.78 is 12.7. The fourth-order valence-corrected chi connectivity index (χ4v) is 1.43. The molecule has 1 aromatic rings. The molecule has 0 aliphatic rings. The van der Waals surface area contributed by atoms with E-state index in [2.05, 4.69) is 10.5 Å². The average molecular weight is 239 g/mol. The Morgan fingerprint density at radius 1 is 1.41 bits per heavy atom. The van der Waals surface area contributed by atoms with Gasteiger partial charge in [0.25, 0.3) is 0 Å². The van der Waals surface area contributed by atoms with Gasteiger partial charge in [-0.1, -0.05) is 24.2 Å². The van der Waals surface area contributed by atoms with Gasteiger partial charge in [0, 0.05) is 18.5 Å². The van der Waals surface area contributed by atoms with E-state index in [9.17, 15) is 4.39 Å². The minimum absolute atomic E-state index is 0.0529. The standard InChI is InChI=1S/C12H18FN3O/c1-8(12(14)16-17)7-15-9(2)10-3-5-11(13)6-4-10/h3-6,8-9,15,17H,7H2,1-2H3,(H2,14,16)/t8?,9-/m0/s1. The van der Waals surface area contributed by atoms with Crippen LogP contribution in [0.2, 0.25) is 0 Å². The highest BCUT2D eigenvalue weighted by Gasteiger charge is 2.10. The highest BCUT2D eigenvalue weighted by Crippen LogP contribution is 2.13. The first-order chi connectivity index (χ1) is 8.04. The van der Waals surface area contributed by atoms with Gasteiger partial charge in [-0.25, -0.2) is 4.39 Å². The first kappa shape index (κ1) is 13.4. The van der Waals surface area contributed by atoms with Gasteiger partial charge in [0.05, 0.1) is 0 Å². The Balaban J connectivity index is 2.50. The third-order valence-electron chi connectivity index (χ3n) is 2.72. The molecule has 0 aliphatic carbocycles. The molecular formula is C12H18FN3O. The van der Waals surface area contributed by atoms with Crippen LogP contribution in [0.1, 0.15) is 25.5 Å². The predicted molar refractivity (Wildman–Crippen MR) is 65.4 cm³/mol. The monoisotopic (exact) mass is 239 g/mol. The molecule has 0 heterocycles. The SMILES string of the molecule is CC(CN[C@@H](C)c1ccc(F)cc1)/C(N)=N/O. The van der Waals surface area contributed by atoms with E-state index in [1.807, 2.05) is 13.8 Å². The van der Waals surface area contributed by atoms with Crippen LogP contribution in [0.3, 0.4) is 0 Å². The third-order valence-corrected chi connectivity index (χ3v) is 2.72. The van der Waals surface area contributed by atoms with E-state index in [4.69, 9.17) is 10.9 Å². The molecule has 0 bridgehead atoms. The number of halogens is 1. The molecule has 2 atom stereocenters. The summed E-state index contributed by atoms with van der Waals surface area (Å²) in [6.45, 7) is 4.43. The smallest absolute Gasteiger partial charge is 0.143 e. The first-order valence-corrected chi connectivity index (χ1v) is 5.51. The molecule has 4 N–H and O–H groups in total. The molecule has 0 radical (unpaired) electrons. The lowest BCUT2D eigenvalue weighted by atomic mass is 10.1. The van der Waals surface area contributed by atoms with E-state index in [1.54, 1.807) is 12.1 Å². The fourth-order valence-electron chi connectivity index (χ4n) is 1.43. The first-order valence-electron chi connectivity index (χ1n) is 5.51. The van der Waals surface area contributed by atoms with Crippen LogP contribution in [0.4, 0.5) is 4.39 Å². The normalized spacial score (nSPS) is 15.6. The van der Waals surface area contributed by atoms with Gasteiger partial charge < -0.3 is 16.3 Å². The van der Waals surface area contributed by atoms with Crippen molar-refractivity contribution in [1.82, 2.24) is 5.32 Å². The fraction of sp³-hybridized carbons (Fsp3) is 0.417. The summed E-state index contributed by atoms with van der Waals surface area (Å²) in [5.74, 6) is -0.0994. The number of nitrogens with one attached hydrogen (secondary N) is 1. The zero-order valence-electron chi connectivity index (χ0n) is 10.0. The molecule has 0 amide bonds. The minimum Gasteiger partial charge on any atom is -0.409 e. The molecular weight excluding hydrogens is 221 g/mol. The number of hydrogen-bond donors (Lipinski definition) is 3. The molecule has 5 heteroatoms. The van der Waals surface area contributed by atoms with Crippen LogP contribution in [-0.2, 0) is 0 Å². The van der Waals surface area contributed by atoms with Crippen molar-refractivity contribution >= 4 is 5.84 Å². The molecule has 0 saturated heterocycles. The zero-order valence-corrected chi connectivity index (χ0v) is 10.0. The van der Waals surface area contributed by atoms with E-state index >= 15 is 0 Å². The van der Waals surface area contributed by atoms with Gasteiger partial charge in [-0.3, -0.25) is 0 Å². The van der Waals surface area contributed by atoms with Crippen LogP contribution in [0.15, 0.2) is 29.4 Å². The molecule has 1 rings (SSSR count). The van der Waals surface area contributed by atoms with Crippen LogP contribution < -0.4 is 11.1 Å². The Hall–Kier alpha value is -1.62. The lowest BCUT2D eigenvalue weighted by Gasteiger charge is -2.17. The number of rotatable bonds is 5. The van der Waals surface area contributed by atoms with E-state index < -0.39 is 0 Å². The second kappa shape index (κ2) is 6.20. The van der Waals surface area contributed by atoms with E-state index in [0.29, 0.717) is 6.54 Å². The van der Waals surface area contributed by atoms with E-state index in [-0.39, 0.29) is 23.6 Å². The van der Waals surface area contributed by atoms with Crippen molar-refractivity contribution in [2.45, 2.75) is 19.9 Å². The second-order valence-electron chi connectivity index (χ2n) is 4.11. The number of benzene rings is 1. The van der Waals surface area contributed by atoms with Crippen molar-refractivity contribution in [1.29, 1.82) is 0 Å². The molecule has 94 valence electrons. The van der Waals surface area contributed by atoms with Gasteiger partial charge in [-0.05, 0) is 24.6 Å². The van der Waals surface area contributed by atoms with Crippen LogP contribution in [0.5, 0.6) is 0 Å². The zero-order chi connectivity index (χ0) is 12.8. The molecule has 17 heavy (non-hydrogen) atoms. The van der Waals surface area contributed by atoms with E-state index in [1.165, 1.54) is 12.1 Å². The molecule has 1 unspecified atom stereocenters. The topological polar surface area (TPSA) is 70.6 Å². The number of hydrogen-bond acceptors (Lipinski definition) is 3. The van der Waals surface area contributed by atoms with Gasteiger partial charge in [-0.2, -0.15) is 0 Å². The largest absolute Gasteiger partial charge is 0.409 e. The third kappa shape index (κ3) is 4.03. The maximum Gasteiger partial charge on any atom is 0.143 e. The summed E-state index contributed by atoms with van der Waals surface area (Å²) in [6.07, 6.45) is 0. The van der Waals surface area contributed by atoms with Crippen molar-refractivity contribution in [2.75, 3.05) is 6.54 Å². The lowest BCUT2D eigenvalue weighted by Crippen LogP contribution is -2.32. The van der Waals surface area contributed by atoms with Crippen molar-refractivity contribution in [2.24, 2.45) is 16.8 Å². The summed E-state index contributed by atoms with van der Waals surface area (Å²) in [6, 6.07) is 6.42. The van der Waals surface area contributed by atoms with Crippen molar-refractivity contribution in [3.8, 4) is 0 Å². The Morgan fingerprint density at radius 3 is 2.53 bits per heavy atom. The maximum absolute atomic E-state index is 12.7. The Morgan fingerprint density at radius 2 is 2.00 bits per heavy atom. The summed E-state index contributed by atoms with van der Waals surface area (Å²) in [4.78, 5) is 0. The van der Waals surface area contributed by atoms with E-state index in [0.717, 1.165) is 5.56 Å². The quantitative estimate of drug-likeness (QED) is 0.318. The van der Waals surface area contributed by atoms with Crippen LogP contribution in [0.25, 0.3) is 0 Å². The number of oxime groups is 1. The number of nitrogens with zero attached hydrogens (tertiary/aromatic N) is 1. The second-order valence-corrected chi connectivity index (χ2v) is 4.11. The Labute approximate surface area is 100 Å². The molecule has 1 aromatic carbocycles. The highest BCUT2D eigenvalue weighted by atomic mass is 19.1. The number of amidine groups is 1. The maximum atomic E-state index is 12.7. The van der Waals surface area contributed by atoms with Crippen molar-refractivity contribution in [3.05, 3.63) is 35.6 Å². The Kier molecular flexibility index (Phi) is 4.90. The highest BCUT2D eigenvalue weighted by molar-refractivity contribution is 5.82. The molecule has 0 saturated carbocycles. The number of nitrogens with two attached hydrogens (primary N) is 1. The van der Waals surface area contributed by atoms with Gasteiger partial charge in [0.15, 0.2) is 0 Å². The van der Waals surface area contributed by atoms with Crippen molar-refractivity contribution < 1.29 is 9.60 Å². The summed E-state index contributed by atoms with van der Waals surface area (Å²) in [7, 11) is 0. The summed E-state index contributed by atoms with van der Waals surface area (Å²) in [5, 5.41) is 14.7. The molecule has 0 aliphatic heterocycles.